The van der Waals surface area contributed by atoms with E-state index in [9.17, 15) is 4.79 Å². The molecule has 3 nitrogen and oxygen atoms in total. The lowest BCUT2D eigenvalue weighted by molar-refractivity contribution is -0.130. The largest absolute Gasteiger partial charge is 0.466 e. The Hall–Kier alpha value is -2.30. The summed E-state index contributed by atoms with van der Waals surface area (Å²) in [5.74, 6) is 0.952. The fourth-order valence-electron chi connectivity index (χ4n) is 4.16. The lowest BCUT2D eigenvalue weighted by Gasteiger charge is -2.35. The molecule has 0 bridgehead atoms. The van der Waals surface area contributed by atoms with Crippen LogP contribution in [0.25, 0.3) is 10.8 Å². The molecule has 1 fully saturated rings. The summed E-state index contributed by atoms with van der Waals surface area (Å²) >= 11 is 1.90. The van der Waals surface area contributed by atoms with Gasteiger partial charge < -0.3 is 4.74 Å². The Labute approximate surface area is 177 Å². The molecular formula is C25H27NO2S. The summed E-state index contributed by atoms with van der Waals surface area (Å²) in [4.78, 5) is 14.4. The number of carbonyl (C=O) groups is 1. The number of likely N-dealkylation sites (tertiary alicyclic amines) is 1. The first kappa shape index (κ1) is 20.0. The molecule has 3 aromatic rings. The maximum absolute atomic E-state index is 10.6. The Balaban J connectivity index is 1.48. The van der Waals surface area contributed by atoms with Gasteiger partial charge in [0.1, 0.15) is 6.61 Å². The van der Waals surface area contributed by atoms with Gasteiger partial charge >= 0.3 is 0 Å². The van der Waals surface area contributed by atoms with Crippen LogP contribution < -0.4 is 0 Å². The van der Waals surface area contributed by atoms with Gasteiger partial charge in [-0.1, -0.05) is 67.1 Å². The predicted molar refractivity (Wildman–Crippen MR) is 120 cm³/mol. The van der Waals surface area contributed by atoms with Crippen LogP contribution in [0.5, 0.6) is 0 Å². The fraction of sp³-hybridized carbons (Fsp3) is 0.320. The highest BCUT2D eigenvalue weighted by Gasteiger charge is 2.23. The van der Waals surface area contributed by atoms with E-state index in [0.717, 1.165) is 25.3 Å². The second-order valence-corrected chi connectivity index (χ2v) is 8.60. The molecule has 1 saturated heterocycles. The van der Waals surface area contributed by atoms with E-state index in [1.54, 1.807) is 0 Å². The van der Waals surface area contributed by atoms with Crippen molar-refractivity contribution in [3.05, 3.63) is 77.9 Å². The lowest BCUT2D eigenvalue weighted by atomic mass is 10.0. The Morgan fingerprint density at radius 2 is 1.76 bits per heavy atom. The summed E-state index contributed by atoms with van der Waals surface area (Å²) in [6, 6.07) is 24.2. The Morgan fingerprint density at radius 3 is 2.66 bits per heavy atom. The van der Waals surface area contributed by atoms with Crippen LogP contribution in [-0.2, 0) is 21.8 Å². The zero-order valence-electron chi connectivity index (χ0n) is 16.6. The molecule has 4 heteroatoms. The predicted octanol–water partition coefficient (Wildman–Crippen LogP) is 5.66. The maximum Gasteiger partial charge on any atom is 0.293 e. The van der Waals surface area contributed by atoms with Crippen LogP contribution in [0.1, 0.15) is 30.4 Å². The van der Waals surface area contributed by atoms with Crippen LogP contribution in [0, 0.1) is 0 Å². The number of ether oxygens (including phenoxy) is 1. The van der Waals surface area contributed by atoms with Crippen molar-refractivity contribution in [3.63, 3.8) is 0 Å². The molecule has 0 spiro atoms. The van der Waals surface area contributed by atoms with Crippen molar-refractivity contribution in [2.24, 2.45) is 0 Å². The smallest absolute Gasteiger partial charge is 0.293 e. The molecule has 0 radical (unpaired) electrons. The summed E-state index contributed by atoms with van der Waals surface area (Å²) in [6.07, 6.45) is 3.52. The van der Waals surface area contributed by atoms with Crippen molar-refractivity contribution in [2.45, 2.75) is 42.5 Å². The zero-order chi connectivity index (χ0) is 19.9. The molecule has 1 aliphatic heterocycles. The highest BCUT2D eigenvalue weighted by atomic mass is 32.2. The van der Waals surface area contributed by atoms with Crippen LogP contribution in [-0.4, -0.2) is 30.6 Å². The molecule has 0 amide bonds. The minimum Gasteiger partial charge on any atom is -0.466 e. The van der Waals surface area contributed by atoms with Crippen LogP contribution in [0.15, 0.2) is 71.6 Å². The SMILES string of the molecule is O=COCC1CCCCN1Cc1ccccc1CSc1cccc2ccccc12. The van der Waals surface area contributed by atoms with Gasteiger partial charge in [-0.2, -0.15) is 0 Å². The van der Waals surface area contributed by atoms with Gasteiger partial charge in [0.05, 0.1) is 0 Å². The van der Waals surface area contributed by atoms with Gasteiger partial charge in [-0.3, -0.25) is 9.69 Å². The Bertz CT molecular complexity index is 953. The molecule has 3 aromatic carbocycles. The topological polar surface area (TPSA) is 29.5 Å². The highest BCUT2D eigenvalue weighted by Crippen LogP contribution is 2.31. The van der Waals surface area contributed by atoms with Crippen molar-refractivity contribution >= 4 is 29.0 Å². The summed E-state index contributed by atoms with van der Waals surface area (Å²) in [5.41, 5.74) is 2.75. The number of hydrogen-bond donors (Lipinski definition) is 0. The fourth-order valence-corrected chi connectivity index (χ4v) is 5.26. The van der Waals surface area contributed by atoms with E-state index in [-0.39, 0.29) is 0 Å². The third-order valence-corrected chi connectivity index (χ3v) is 6.85. The average molecular weight is 406 g/mol. The average Bonchev–Trinajstić information content (AvgIpc) is 2.78. The third kappa shape index (κ3) is 5.01. The number of nitrogens with zero attached hydrogens (tertiary/aromatic N) is 1. The Morgan fingerprint density at radius 1 is 0.966 bits per heavy atom. The molecule has 0 N–H and O–H groups in total. The molecule has 0 saturated carbocycles. The normalized spacial score (nSPS) is 17.3. The number of fused-ring (bicyclic) bond motifs is 1. The van der Waals surface area contributed by atoms with E-state index < -0.39 is 0 Å². The van der Waals surface area contributed by atoms with Crippen molar-refractivity contribution in [1.29, 1.82) is 0 Å². The summed E-state index contributed by atoms with van der Waals surface area (Å²) in [6.45, 7) is 3.05. The monoisotopic (exact) mass is 405 g/mol. The number of piperidine rings is 1. The van der Waals surface area contributed by atoms with Gasteiger partial charge in [-0.15, -0.1) is 11.8 Å². The van der Waals surface area contributed by atoms with E-state index in [4.69, 9.17) is 4.74 Å². The number of benzene rings is 3. The molecule has 29 heavy (non-hydrogen) atoms. The number of rotatable bonds is 8. The van der Waals surface area contributed by atoms with Crippen LogP contribution in [0.4, 0.5) is 0 Å². The second-order valence-electron chi connectivity index (χ2n) is 7.58. The standard InChI is InChI=1S/C25H27NO2S/c27-19-28-17-23-12-5-6-15-26(23)16-21-9-1-2-10-22(21)18-29-25-14-7-11-20-8-3-4-13-24(20)25/h1-4,7-11,13-14,19,23H,5-6,12,15-18H2. The van der Waals surface area contributed by atoms with Crippen LogP contribution in [0.3, 0.4) is 0 Å². The Kier molecular flexibility index (Phi) is 6.86. The third-order valence-electron chi connectivity index (χ3n) is 5.73. The lowest BCUT2D eigenvalue weighted by Crippen LogP contribution is -2.41. The number of carbonyl (C=O) groups excluding carboxylic acids is 1. The van der Waals surface area contributed by atoms with Gasteiger partial charge in [-0.25, -0.2) is 0 Å². The second kappa shape index (κ2) is 9.95. The molecule has 1 atom stereocenters. The molecule has 1 unspecified atom stereocenters. The van der Waals surface area contributed by atoms with Crippen molar-refractivity contribution < 1.29 is 9.53 Å². The van der Waals surface area contributed by atoms with Crippen molar-refractivity contribution in [2.75, 3.05) is 13.2 Å². The first-order valence-electron chi connectivity index (χ1n) is 10.3. The number of hydrogen-bond acceptors (Lipinski definition) is 4. The van der Waals surface area contributed by atoms with Gasteiger partial charge in [0.15, 0.2) is 0 Å². The minimum absolute atomic E-state index is 0.327. The molecular weight excluding hydrogens is 378 g/mol. The highest BCUT2D eigenvalue weighted by molar-refractivity contribution is 7.98. The van der Waals surface area contributed by atoms with Crippen molar-refractivity contribution in [3.8, 4) is 0 Å². The molecule has 4 rings (SSSR count). The van der Waals surface area contributed by atoms with Gasteiger partial charge in [0, 0.05) is 23.2 Å². The minimum atomic E-state index is 0.327. The van der Waals surface area contributed by atoms with E-state index in [2.05, 4.69) is 71.6 Å². The summed E-state index contributed by atoms with van der Waals surface area (Å²) < 4.78 is 5.09. The maximum atomic E-state index is 10.6. The molecule has 0 aliphatic carbocycles. The molecule has 150 valence electrons. The van der Waals surface area contributed by atoms with Crippen molar-refractivity contribution in [1.82, 2.24) is 4.90 Å². The van der Waals surface area contributed by atoms with E-state index in [1.807, 2.05) is 11.8 Å². The van der Waals surface area contributed by atoms with Gasteiger partial charge in [0.2, 0.25) is 0 Å². The van der Waals surface area contributed by atoms with E-state index in [0.29, 0.717) is 19.1 Å². The molecule has 0 aromatic heterocycles. The van der Waals surface area contributed by atoms with Gasteiger partial charge in [0.25, 0.3) is 6.47 Å². The molecule has 1 heterocycles. The summed E-state index contributed by atoms with van der Waals surface area (Å²) in [7, 11) is 0. The summed E-state index contributed by atoms with van der Waals surface area (Å²) in [5, 5.41) is 2.61. The van der Waals surface area contributed by atoms with Crippen LogP contribution >= 0.6 is 11.8 Å². The van der Waals surface area contributed by atoms with E-state index >= 15 is 0 Å². The first-order valence-corrected chi connectivity index (χ1v) is 11.3. The van der Waals surface area contributed by atoms with Crippen LogP contribution in [0.2, 0.25) is 0 Å². The molecule has 1 aliphatic rings. The first-order chi connectivity index (χ1) is 14.3. The van der Waals surface area contributed by atoms with Gasteiger partial charge in [-0.05, 0) is 47.4 Å². The van der Waals surface area contributed by atoms with E-state index in [1.165, 1.54) is 39.6 Å². The zero-order valence-corrected chi connectivity index (χ0v) is 17.4. The quantitative estimate of drug-likeness (QED) is 0.357. The number of thioether (sulfide) groups is 1.